The lowest BCUT2D eigenvalue weighted by Crippen LogP contribution is -2.31. The van der Waals surface area contributed by atoms with Crippen LogP contribution in [0.2, 0.25) is 0 Å². The van der Waals surface area contributed by atoms with Crippen molar-refractivity contribution >= 4 is 5.95 Å². The maximum atomic E-state index is 13.3. The highest BCUT2D eigenvalue weighted by Gasteiger charge is 2.23. The van der Waals surface area contributed by atoms with Crippen molar-refractivity contribution in [2.45, 2.75) is 18.9 Å². The maximum absolute atomic E-state index is 13.3. The minimum Gasteiger partial charge on any atom is -0.352 e. The Morgan fingerprint density at radius 3 is 2.59 bits per heavy atom. The molecule has 0 bridgehead atoms. The second kappa shape index (κ2) is 8.22. The largest absolute Gasteiger partial charge is 0.352 e. The molecule has 1 N–H and O–H groups in total. The van der Waals surface area contributed by atoms with E-state index in [1.54, 1.807) is 18.6 Å². The molecule has 27 heavy (non-hydrogen) atoms. The molecule has 1 aliphatic rings. The molecule has 4 rings (SSSR count). The second-order valence-electron chi connectivity index (χ2n) is 6.70. The Balaban J connectivity index is 1.51. The van der Waals surface area contributed by atoms with Gasteiger partial charge in [-0.25, -0.2) is 14.4 Å². The van der Waals surface area contributed by atoms with Crippen LogP contribution >= 0.6 is 0 Å². The number of hydrogen-bond acceptors (Lipinski definition) is 5. The lowest BCUT2D eigenvalue weighted by atomic mass is 10.1. The topological polar surface area (TPSA) is 53.9 Å². The average molecular weight is 363 g/mol. The summed E-state index contributed by atoms with van der Waals surface area (Å²) in [4.78, 5) is 15.5. The first kappa shape index (κ1) is 17.5. The van der Waals surface area contributed by atoms with Crippen LogP contribution in [0, 0.1) is 5.82 Å². The van der Waals surface area contributed by atoms with E-state index in [1.165, 1.54) is 25.0 Å². The Morgan fingerprint density at radius 2 is 1.85 bits per heavy atom. The fraction of sp³-hybridized carbons (Fsp3) is 0.286. The molecule has 0 amide bonds. The molecule has 1 saturated heterocycles. The van der Waals surface area contributed by atoms with E-state index in [-0.39, 0.29) is 11.9 Å². The van der Waals surface area contributed by atoms with Crippen molar-refractivity contribution in [2.75, 3.05) is 25.0 Å². The van der Waals surface area contributed by atoms with Crippen LogP contribution < -0.4 is 5.32 Å². The van der Waals surface area contributed by atoms with E-state index in [0.29, 0.717) is 12.5 Å². The molecule has 0 radical (unpaired) electrons. The number of nitrogens with zero attached hydrogens (tertiary/aromatic N) is 4. The summed E-state index contributed by atoms with van der Waals surface area (Å²) in [5.41, 5.74) is 2.90. The molecule has 0 unspecified atom stereocenters. The standard InChI is InChI=1S/C21H22FN5/c22-18-7-5-16(6-8-18)20(27-12-1-2-13-27)15-25-21-24-11-9-19(26-21)17-4-3-10-23-14-17/h3-11,14,20H,1-2,12-13,15H2,(H,24,25,26)/t20-/m1/s1. The third-order valence-corrected chi connectivity index (χ3v) is 4.90. The molecule has 5 nitrogen and oxygen atoms in total. The number of hydrogen-bond donors (Lipinski definition) is 1. The number of benzene rings is 1. The van der Waals surface area contributed by atoms with Gasteiger partial charge >= 0.3 is 0 Å². The van der Waals surface area contributed by atoms with Crippen molar-refractivity contribution in [1.82, 2.24) is 19.9 Å². The van der Waals surface area contributed by atoms with Crippen molar-refractivity contribution in [3.63, 3.8) is 0 Å². The number of aromatic nitrogens is 3. The molecule has 1 fully saturated rings. The Hall–Kier alpha value is -2.86. The van der Waals surface area contributed by atoms with Crippen LogP contribution in [-0.2, 0) is 0 Å². The van der Waals surface area contributed by atoms with Crippen LogP contribution in [0.4, 0.5) is 10.3 Å². The molecular weight excluding hydrogens is 341 g/mol. The molecule has 1 aliphatic heterocycles. The zero-order valence-corrected chi connectivity index (χ0v) is 15.1. The van der Waals surface area contributed by atoms with E-state index in [1.807, 2.05) is 30.3 Å². The van der Waals surface area contributed by atoms with Gasteiger partial charge in [0, 0.05) is 30.7 Å². The van der Waals surface area contributed by atoms with E-state index < -0.39 is 0 Å². The fourth-order valence-electron chi connectivity index (χ4n) is 3.50. The van der Waals surface area contributed by atoms with Crippen molar-refractivity contribution in [2.24, 2.45) is 0 Å². The fourth-order valence-corrected chi connectivity index (χ4v) is 3.50. The molecule has 3 heterocycles. The predicted octanol–water partition coefficient (Wildman–Crippen LogP) is 3.93. The summed E-state index contributed by atoms with van der Waals surface area (Å²) in [7, 11) is 0. The number of nitrogens with one attached hydrogen (secondary N) is 1. The van der Waals surface area contributed by atoms with Crippen molar-refractivity contribution in [3.05, 3.63) is 72.4 Å². The minimum absolute atomic E-state index is 0.166. The van der Waals surface area contributed by atoms with E-state index in [0.717, 1.165) is 29.9 Å². The van der Waals surface area contributed by atoms with E-state index in [4.69, 9.17) is 0 Å². The van der Waals surface area contributed by atoms with Crippen molar-refractivity contribution in [3.8, 4) is 11.3 Å². The first-order valence-corrected chi connectivity index (χ1v) is 9.26. The zero-order chi connectivity index (χ0) is 18.5. The molecule has 0 saturated carbocycles. The van der Waals surface area contributed by atoms with Gasteiger partial charge in [-0.1, -0.05) is 12.1 Å². The van der Waals surface area contributed by atoms with Gasteiger partial charge in [0.15, 0.2) is 0 Å². The van der Waals surface area contributed by atoms with Gasteiger partial charge < -0.3 is 5.32 Å². The molecule has 0 aliphatic carbocycles. The molecule has 6 heteroatoms. The molecule has 2 aromatic heterocycles. The van der Waals surface area contributed by atoms with Gasteiger partial charge in [0.25, 0.3) is 0 Å². The molecule has 3 aromatic rings. The predicted molar refractivity (Wildman–Crippen MR) is 104 cm³/mol. The molecule has 138 valence electrons. The van der Waals surface area contributed by atoms with Crippen molar-refractivity contribution < 1.29 is 4.39 Å². The Labute approximate surface area is 158 Å². The number of rotatable bonds is 6. The van der Waals surface area contributed by atoms with Crippen LogP contribution in [0.3, 0.4) is 0 Å². The van der Waals surface area contributed by atoms with E-state index in [2.05, 4.69) is 25.2 Å². The van der Waals surface area contributed by atoms with Gasteiger partial charge in [-0.15, -0.1) is 0 Å². The maximum Gasteiger partial charge on any atom is 0.223 e. The van der Waals surface area contributed by atoms with Crippen LogP contribution in [-0.4, -0.2) is 39.5 Å². The number of pyridine rings is 1. The van der Waals surface area contributed by atoms with Crippen LogP contribution in [0.1, 0.15) is 24.4 Å². The normalized spacial score (nSPS) is 15.6. The highest BCUT2D eigenvalue weighted by molar-refractivity contribution is 5.58. The third-order valence-electron chi connectivity index (χ3n) is 4.90. The Morgan fingerprint density at radius 1 is 1.04 bits per heavy atom. The molecule has 0 spiro atoms. The van der Waals surface area contributed by atoms with Crippen LogP contribution in [0.25, 0.3) is 11.3 Å². The van der Waals surface area contributed by atoms with Crippen LogP contribution in [0.15, 0.2) is 61.1 Å². The Bertz CT molecular complexity index is 863. The molecular formula is C21H22FN5. The third kappa shape index (κ3) is 4.28. The van der Waals surface area contributed by atoms with Crippen molar-refractivity contribution in [1.29, 1.82) is 0 Å². The van der Waals surface area contributed by atoms with E-state index in [9.17, 15) is 4.39 Å². The molecule has 1 atom stereocenters. The zero-order valence-electron chi connectivity index (χ0n) is 15.1. The molecule has 1 aromatic carbocycles. The highest BCUT2D eigenvalue weighted by atomic mass is 19.1. The summed E-state index contributed by atoms with van der Waals surface area (Å²) in [5, 5.41) is 3.37. The monoisotopic (exact) mass is 363 g/mol. The summed E-state index contributed by atoms with van der Waals surface area (Å²) in [6, 6.07) is 12.7. The summed E-state index contributed by atoms with van der Waals surface area (Å²) in [6.07, 6.45) is 7.68. The summed E-state index contributed by atoms with van der Waals surface area (Å²) in [5.74, 6) is 0.377. The van der Waals surface area contributed by atoms with E-state index >= 15 is 0 Å². The van der Waals surface area contributed by atoms with Gasteiger partial charge in [-0.05, 0) is 61.8 Å². The minimum atomic E-state index is -0.209. The van der Waals surface area contributed by atoms with Crippen LogP contribution in [0.5, 0.6) is 0 Å². The second-order valence-corrected chi connectivity index (χ2v) is 6.70. The Kier molecular flexibility index (Phi) is 5.34. The highest BCUT2D eigenvalue weighted by Crippen LogP contribution is 2.26. The average Bonchev–Trinajstić information content (AvgIpc) is 3.25. The summed E-state index contributed by atoms with van der Waals surface area (Å²) >= 11 is 0. The lowest BCUT2D eigenvalue weighted by Gasteiger charge is -2.28. The smallest absolute Gasteiger partial charge is 0.223 e. The van der Waals surface area contributed by atoms with Gasteiger partial charge in [-0.2, -0.15) is 0 Å². The number of halogens is 1. The van der Waals surface area contributed by atoms with Gasteiger partial charge in [-0.3, -0.25) is 9.88 Å². The number of anilines is 1. The summed E-state index contributed by atoms with van der Waals surface area (Å²) < 4.78 is 13.3. The van der Waals surface area contributed by atoms with Gasteiger partial charge in [0.1, 0.15) is 5.82 Å². The lowest BCUT2D eigenvalue weighted by molar-refractivity contribution is 0.255. The quantitative estimate of drug-likeness (QED) is 0.719. The number of likely N-dealkylation sites (tertiary alicyclic amines) is 1. The summed E-state index contributed by atoms with van der Waals surface area (Å²) in [6.45, 7) is 2.78. The first-order valence-electron chi connectivity index (χ1n) is 9.26. The van der Waals surface area contributed by atoms with Gasteiger partial charge in [0.05, 0.1) is 11.7 Å². The SMILES string of the molecule is Fc1ccc([C@@H](CNc2nccc(-c3cccnc3)n2)N2CCCC2)cc1. The first-order chi connectivity index (χ1) is 13.3. The van der Waals surface area contributed by atoms with Gasteiger partial charge in [0.2, 0.25) is 5.95 Å².